The molecule has 0 spiro atoms. The Bertz CT molecular complexity index is 903. The third kappa shape index (κ3) is 4.15. The molecule has 2 fully saturated rings. The van der Waals surface area contributed by atoms with E-state index in [-0.39, 0.29) is 23.9 Å². The molecule has 2 saturated carbocycles. The Labute approximate surface area is 176 Å². The normalized spacial score (nSPS) is 25.8. The van der Waals surface area contributed by atoms with Crippen molar-refractivity contribution >= 4 is 23.4 Å². The number of carbonyl (C=O) groups is 2. The fourth-order valence-electron chi connectivity index (χ4n) is 4.92. The molecule has 1 aromatic carbocycles. The summed E-state index contributed by atoms with van der Waals surface area (Å²) in [6.45, 7) is 3.97. The lowest BCUT2D eigenvalue weighted by Crippen LogP contribution is -2.39. The van der Waals surface area contributed by atoms with Gasteiger partial charge in [0.25, 0.3) is 11.8 Å². The Morgan fingerprint density at radius 1 is 1.14 bits per heavy atom. The summed E-state index contributed by atoms with van der Waals surface area (Å²) in [7, 11) is 0. The fourth-order valence-corrected chi connectivity index (χ4v) is 5.04. The van der Waals surface area contributed by atoms with Crippen LogP contribution in [0.25, 0.3) is 0 Å². The Balaban J connectivity index is 1.31. The van der Waals surface area contributed by atoms with Crippen LogP contribution in [0.2, 0.25) is 5.02 Å². The summed E-state index contributed by atoms with van der Waals surface area (Å²) >= 11 is 5.91. The minimum absolute atomic E-state index is 0.0402. The SMILES string of the molecule is CCC(NC(=O)c1ccc(Cl)cc1)C1C2CC(NC(=O)c3cccnc3C)CC21. The van der Waals surface area contributed by atoms with Crippen molar-refractivity contribution in [2.24, 2.45) is 17.8 Å². The lowest BCUT2D eigenvalue weighted by Gasteiger charge is -2.22. The fraction of sp³-hybridized carbons (Fsp3) is 0.435. The number of aryl methyl sites for hydroxylation is 1. The van der Waals surface area contributed by atoms with E-state index in [9.17, 15) is 9.59 Å². The van der Waals surface area contributed by atoms with Crippen LogP contribution in [0.5, 0.6) is 0 Å². The first kappa shape index (κ1) is 19.9. The summed E-state index contributed by atoms with van der Waals surface area (Å²) in [5.41, 5.74) is 2.03. The van der Waals surface area contributed by atoms with Crippen LogP contribution in [0.1, 0.15) is 52.6 Å². The summed E-state index contributed by atoms with van der Waals surface area (Å²) in [4.78, 5) is 29.3. The van der Waals surface area contributed by atoms with Gasteiger partial charge < -0.3 is 10.6 Å². The van der Waals surface area contributed by atoms with Gasteiger partial charge in [-0.05, 0) is 80.3 Å². The number of nitrogens with zero attached hydrogens (tertiary/aromatic N) is 1. The second kappa shape index (κ2) is 8.15. The number of hydrogen-bond donors (Lipinski definition) is 2. The van der Waals surface area contributed by atoms with Crippen molar-refractivity contribution < 1.29 is 9.59 Å². The van der Waals surface area contributed by atoms with Gasteiger partial charge in [0.15, 0.2) is 0 Å². The number of rotatable bonds is 6. The summed E-state index contributed by atoms with van der Waals surface area (Å²) < 4.78 is 0. The predicted molar refractivity (Wildman–Crippen MR) is 113 cm³/mol. The Morgan fingerprint density at radius 3 is 2.45 bits per heavy atom. The van der Waals surface area contributed by atoms with Crippen LogP contribution >= 0.6 is 11.6 Å². The van der Waals surface area contributed by atoms with E-state index in [1.54, 1.807) is 36.5 Å². The molecule has 1 aromatic heterocycles. The largest absolute Gasteiger partial charge is 0.349 e. The standard InChI is InChI=1S/C23H26ClN3O2/c1-3-20(27-22(28)14-6-8-15(24)9-7-14)21-18-11-16(12-19(18)21)26-23(29)17-5-4-10-25-13(17)2/h4-10,16,18-21H,3,11-12H2,1-2H3,(H,26,29)(H,27,28). The molecule has 3 atom stereocenters. The third-order valence-corrected chi connectivity index (χ3v) is 6.68. The first-order chi connectivity index (χ1) is 14.0. The quantitative estimate of drug-likeness (QED) is 0.754. The molecule has 2 aromatic rings. The van der Waals surface area contributed by atoms with Crippen LogP contribution in [-0.4, -0.2) is 28.9 Å². The van der Waals surface area contributed by atoms with Gasteiger partial charge in [-0.3, -0.25) is 14.6 Å². The van der Waals surface area contributed by atoms with Crippen LogP contribution in [-0.2, 0) is 0 Å². The Kier molecular flexibility index (Phi) is 5.59. The molecule has 2 N–H and O–H groups in total. The highest BCUT2D eigenvalue weighted by molar-refractivity contribution is 6.30. The maximum atomic E-state index is 12.6. The highest BCUT2D eigenvalue weighted by atomic mass is 35.5. The smallest absolute Gasteiger partial charge is 0.253 e. The zero-order valence-electron chi connectivity index (χ0n) is 16.7. The van der Waals surface area contributed by atoms with E-state index >= 15 is 0 Å². The van der Waals surface area contributed by atoms with Gasteiger partial charge in [0.2, 0.25) is 0 Å². The number of nitrogens with one attached hydrogen (secondary N) is 2. The maximum absolute atomic E-state index is 12.6. The van der Waals surface area contributed by atoms with Gasteiger partial charge in [0, 0.05) is 34.6 Å². The first-order valence-corrected chi connectivity index (χ1v) is 10.6. The molecule has 1 heterocycles. The molecule has 6 heteroatoms. The summed E-state index contributed by atoms with van der Waals surface area (Å²) in [6, 6.07) is 11.0. The molecule has 2 amide bonds. The lowest BCUT2D eigenvalue weighted by molar-refractivity contribution is 0.0927. The molecule has 0 radical (unpaired) electrons. The number of carbonyl (C=O) groups excluding carboxylic acids is 2. The van der Waals surface area contributed by atoms with Crippen LogP contribution in [0, 0.1) is 24.7 Å². The maximum Gasteiger partial charge on any atom is 0.253 e. The van der Waals surface area contributed by atoms with Gasteiger partial charge in [0.05, 0.1) is 5.56 Å². The average Bonchev–Trinajstić information content (AvgIpc) is 3.20. The molecule has 0 saturated heterocycles. The topological polar surface area (TPSA) is 71.1 Å². The van der Waals surface area contributed by atoms with Gasteiger partial charge in [0.1, 0.15) is 0 Å². The number of halogens is 1. The second-order valence-electron chi connectivity index (χ2n) is 8.18. The van der Waals surface area contributed by atoms with Gasteiger partial charge >= 0.3 is 0 Å². The molecule has 29 heavy (non-hydrogen) atoms. The molecule has 152 valence electrons. The molecule has 0 aliphatic heterocycles. The second-order valence-corrected chi connectivity index (χ2v) is 8.61. The van der Waals surface area contributed by atoms with Crippen molar-refractivity contribution in [1.29, 1.82) is 0 Å². The van der Waals surface area contributed by atoms with Gasteiger partial charge in [-0.1, -0.05) is 18.5 Å². The monoisotopic (exact) mass is 411 g/mol. The van der Waals surface area contributed by atoms with E-state index in [2.05, 4.69) is 22.5 Å². The molecular formula is C23H26ClN3O2. The van der Waals surface area contributed by atoms with Crippen molar-refractivity contribution in [2.45, 2.75) is 45.2 Å². The van der Waals surface area contributed by atoms with E-state index in [0.29, 0.717) is 33.9 Å². The number of pyridine rings is 1. The summed E-state index contributed by atoms with van der Waals surface area (Å²) in [6.07, 6.45) is 4.56. The number of hydrogen-bond acceptors (Lipinski definition) is 3. The van der Waals surface area contributed by atoms with Crippen molar-refractivity contribution in [3.63, 3.8) is 0 Å². The number of benzene rings is 1. The van der Waals surface area contributed by atoms with Crippen LogP contribution < -0.4 is 10.6 Å². The van der Waals surface area contributed by atoms with Crippen LogP contribution in [0.4, 0.5) is 0 Å². The minimum Gasteiger partial charge on any atom is -0.349 e. The summed E-state index contributed by atoms with van der Waals surface area (Å²) in [5.74, 6) is 1.57. The minimum atomic E-state index is -0.0459. The molecular weight excluding hydrogens is 386 g/mol. The zero-order chi connectivity index (χ0) is 20.5. The van der Waals surface area contributed by atoms with Crippen molar-refractivity contribution in [3.8, 4) is 0 Å². The highest BCUT2D eigenvalue weighted by Crippen LogP contribution is 2.59. The molecule has 2 aliphatic rings. The Morgan fingerprint density at radius 2 is 1.83 bits per heavy atom. The van der Waals surface area contributed by atoms with E-state index in [0.717, 1.165) is 25.0 Å². The van der Waals surface area contributed by atoms with Gasteiger partial charge in [-0.2, -0.15) is 0 Å². The summed E-state index contributed by atoms with van der Waals surface area (Å²) in [5, 5.41) is 7.00. The van der Waals surface area contributed by atoms with E-state index < -0.39 is 0 Å². The zero-order valence-corrected chi connectivity index (χ0v) is 17.4. The third-order valence-electron chi connectivity index (χ3n) is 6.43. The first-order valence-electron chi connectivity index (χ1n) is 10.3. The lowest BCUT2D eigenvalue weighted by atomic mass is 9.98. The van der Waals surface area contributed by atoms with Crippen LogP contribution in [0.3, 0.4) is 0 Å². The molecule has 3 unspecified atom stereocenters. The predicted octanol–water partition coefficient (Wildman–Crippen LogP) is 4.01. The Hall–Kier alpha value is -2.40. The molecule has 4 rings (SSSR count). The molecule has 5 nitrogen and oxygen atoms in total. The van der Waals surface area contributed by atoms with E-state index in [1.807, 2.05) is 13.0 Å². The number of fused-ring (bicyclic) bond motifs is 1. The molecule has 2 aliphatic carbocycles. The van der Waals surface area contributed by atoms with Gasteiger partial charge in [-0.15, -0.1) is 0 Å². The van der Waals surface area contributed by atoms with E-state index in [1.165, 1.54) is 0 Å². The van der Waals surface area contributed by atoms with E-state index in [4.69, 9.17) is 11.6 Å². The molecule has 0 bridgehead atoms. The average molecular weight is 412 g/mol. The highest BCUT2D eigenvalue weighted by Gasteiger charge is 2.58. The number of amides is 2. The van der Waals surface area contributed by atoms with Crippen molar-refractivity contribution in [3.05, 3.63) is 64.4 Å². The van der Waals surface area contributed by atoms with Crippen molar-refractivity contribution in [2.75, 3.05) is 0 Å². The number of aromatic nitrogens is 1. The van der Waals surface area contributed by atoms with Crippen LogP contribution in [0.15, 0.2) is 42.6 Å². The van der Waals surface area contributed by atoms with Crippen molar-refractivity contribution in [1.82, 2.24) is 15.6 Å². The van der Waals surface area contributed by atoms with Gasteiger partial charge in [-0.25, -0.2) is 0 Å².